The Bertz CT molecular complexity index is 219. The van der Waals surface area contributed by atoms with Crippen LogP contribution in [0.4, 0.5) is 0 Å². The third-order valence-electron chi connectivity index (χ3n) is 4.02. The number of hydrogen-bond acceptors (Lipinski definition) is 0. The molecule has 0 fully saturated rings. The van der Waals surface area contributed by atoms with E-state index in [0.717, 1.165) is 0 Å². The second kappa shape index (κ2) is 11.0. The number of halogens is 1. The van der Waals surface area contributed by atoms with Gasteiger partial charge in [-0.05, 0) is 34.0 Å². The van der Waals surface area contributed by atoms with Gasteiger partial charge in [-0.3, -0.25) is 0 Å². The van der Waals surface area contributed by atoms with Crippen molar-refractivity contribution in [2.24, 2.45) is 0 Å². The summed E-state index contributed by atoms with van der Waals surface area (Å²) in [6.45, 7) is 32.8. The van der Waals surface area contributed by atoms with Crippen molar-refractivity contribution in [1.82, 2.24) is 0 Å². The van der Waals surface area contributed by atoms with Crippen molar-refractivity contribution in [2.45, 2.75) is 104 Å². The van der Waals surface area contributed by atoms with Gasteiger partial charge >= 0.3 is 34.5 Å². The molecule has 0 aliphatic heterocycles. The second-order valence-corrected chi connectivity index (χ2v) is 17.4. The van der Waals surface area contributed by atoms with Gasteiger partial charge in [0.1, 0.15) is 0 Å². The summed E-state index contributed by atoms with van der Waals surface area (Å²) in [7, 11) is 0.275. The molecule has 0 aromatic rings. The molecule has 0 aliphatic carbocycles. The molecular formula is C18H42IP2Ru. The van der Waals surface area contributed by atoms with E-state index in [9.17, 15) is 0 Å². The van der Waals surface area contributed by atoms with Crippen LogP contribution >= 0.6 is 35.6 Å². The fraction of sp³-hybridized carbons (Fsp3) is 1.00. The number of hydrogen-bond donors (Lipinski definition) is 0. The molecule has 0 bridgehead atoms. The van der Waals surface area contributed by atoms with E-state index in [1.165, 1.54) is 0 Å². The predicted molar refractivity (Wildman–Crippen MR) is 119 cm³/mol. The van der Waals surface area contributed by atoms with Crippen LogP contribution in [0.3, 0.4) is 0 Å². The zero-order valence-corrected chi connectivity index (χ0v) is 23.3. The molecule has 4 heteroatoms. The Labute approximate surface area is 166 Å². The molecule has 0 nitrogen and oxygen atoms in total. The van der Waals surface area contributed by atoms with Crippen LogP contribution in [0.2, 0.25) is 0 Å². The monoisotopic (exact) mass is 549 g/mol. The van der Waals surface area contributed by atoms with Gasteiger partial charge in [-0.15, -0.1) is 0 Å². The maximum atomic E-state index is 2.40. The average Bonchev–Trinajstić information content (AvgIpc) is 2.25. The van der Waals surface area contributed by atoms with Gasteiger partial charge in [0.25, 0.3) is 0 Å². The van der Waals surface area contributed by atoms with Crippen molar-refractivity contribution in [2.75, 3.05) is 13.3 Å². The molecule has 0 spiro atoms. The summed E-state index contributed by atoms with van der Waals surface area (Å²) < 4.78 is 0. The van der Waals surface area contributed by atoms with Crippen LogP contribution in [0.1, 0.15) is 83.1 Å². The van der Waals surface area contributed by atoms with Gasteiger partial charge in [-0.1, -0.05) is 98.9 Å². The third-order valence-corrected chi connectivity index (χ3v) is 12.1. The normalized spacial score (nSPS) is 13.4. The summed E-state index contributed by atoms with van der Waals surface area (Å²) in [6, 6.07) is 0. The molecule has 0 atom stereocenters. The first-order chi connectivity index (χ1) is 9.31. The molecule has 0 aromatic heterocycles. The number of rotatable bonds is 0. The molecular weight excluding hydrogens is 506 g/mol. The first kappa shape index (κ1) is 29.0. The summed E-state index contributed by atoms with van der Waals surface area (Å²) >= 11 is 4.40. The van der Waals surface area contributed by atoms with Crippen LogP contribution in [-0.4, -0.2) is 34.0 Å². The minimum absolute atomic E-state index is 0.137. The van der Waals surface area contributed by atoms with E-state index in [4.69, 9.17) is 0 Å². The van der Waals surface area contributed by atoms with E-state index in [2.05, 4.69) is 131 Å². The summed E-state index contributed by atoms with van der Waals surface area (Å²) in [5, 5.41) is 2.03. The molecule has 0 N–H and O–H groups in total. The van der Waals surface area contributed by atoms with E-state index in [1.807, 2.05) is 0 Å². The van der Waals surface area contributed by atoms with E-state index in [-0.39, 0.29) is 15.8 Å². The second-order valence-electron chi connectivity index (χ2n) is 9.80. The van der Waals surface area contributed by atoms with Crippen molar-refractivity contribution in [3.63, 3.8) is 0 Å². The Balaban J connectivity index is -0.000000294. The Morgan fingerprint density at radius 2 is 0.545 bits per heavy atom. The Morgan fingerprint density at radius 1 is 0.455 bits per heavy atom. The standard InChI is InChI=1S/2C9H21P.HI.Ru/c2*1-8(2,3)10(7)9(4,5)6;;/h2*1-7H3;1H;/q;;;+1/p-1. The van der Waals surface area contributed by atoms with Crippen LogP contribution < -0.4 is 0 Å². The molecule has 0 rings (SSSR count). The van der Waals surface area contributed by atoms with Gasteiger partial charge in [0.2, 0.25) is 0 Å². The van der Waals surface area contributed by atoms with Gasteiger partial charge in [0.15, 0.2) is 0 Å². The van der Waals surface area contributed by atoms with Gasteiger partial charge in [0, 0.05) is 0 Å². The maximum absolute atomic E-state index is 2.40. The SMILES string of the molecule is CP(C(C)(C)C)C(C)(C)C.CP(C(C)(C)C)C(C)(C)C.[Ru][I]. The van der Waals surface area contributed by atoms with Crippen LogP contribution in [0.5, 0.6) is 0 Å². The van der Waals surface area contributed by atoms with E-state index >= 15 is 0 Å². The molecule has 0 saturated heterocycles. The Morgan fingerprint density at radius 3 is 0.545 bits per heavy atom. The predicted octanol–water partition coefficient (Wildman–Crippen LogP) is 8.27. The quantitative estimate of drug-likeness (QED) is 0.162. The Hall–Kier alpha value is 2.21. The summed E-state index contributed by atoms with van der Waals surface area (Å²) in [6.07, 6.45) is 0. The van der Waals surface area contributed by atoms with Gasteiger partial charge in [0.05, 0.1) is 0 Å². The zero-order valence-electron chi connectivity index (χ0n) is 17.6. The Kier molecular flexibility index (Phi) is 14.5. The van der Waals surface area contributed by atoms with Gasteiger partial charge < -0.3 is 0 Å². The van der Waals surface area contributed by atoms with E-state index in [0.29, 0.717) is 20.6 Å². The zero-order chi connectivity index (χ0) is 19.2. The van der Waals surface area contributed by atoms with Crippen LogP contribution in [0.25, 0.3) is 0 Å². The van der Waals surface area contributed by atoms with Crippen LogP contribution in [0.15, 0.2) is 0 Å². The van der Waals surface area contributed by atoms with Crippen molar-refractivity contribution in [3.05, 3.63) is 0 Å². The molecule has 0 radical (unpaired) electrons. The molecule has 0 heterocycles. The average molecular weight is 548 g/mol. The molecule has 0 aliphatic rings. The molecule has 0 unspecified atom stereocenters. The van der Waals surface area contributed by atoms with E-state index < -0.39 is 0 Å². The summed E-state index contributed by atoms with van der Waals surface area (Å²) in [5.74, 6) is 0. The molecule has 0 amide bonds. The first-order valence-electron chi connectivity index (χ1n) is 7.92. The van der Waals surface area contributed by atoms with Crippen LogP contribution in [0, 0.1) is 0 Å². The van der Waals surface area contributed by atoms with Crippen molar-refractivity contribution >= 4 is 35.6 Å². The fourth-order valence-electron chi connectivity index (χ4n) is 2.01. The molecule has 139 valence electrons. The minimum atomic E-state index is 0.137. The fourth-order valence-corrected chi connectivity index (χ4v) is 6.04. The van der Waals surface area contributed by atoms with Crippen molar-refractivity contribution < 1.29 is 14.8 Å². The van der Waals surface area contributed by atoms with Crippen molar-refractivity contribution in [1.29, 1.82) is 0 Å². The van der Waals surface area contributed by atoms with Gasteiger partial charge in [-0.25, -0.2) is 0 Å². The first-order valence-corrected chi connectivity index (χ1v) is 16.7. The molecule has 0 aromatic carbocycles. The van der Waals surface area contributed by atoms with Crippen LogP contribution in [-0.2, 0) is 14.8 Å². The molecule has 22 heavy (non-hydrogen) atoms. The van der Waals surface area contributed by atoms with E-state index in [1.54, 1.807) is 0 Å². The third kappa shape index (κ3) is 14.5. The van der Waals surface area contributed by atoms with Crippen molar-refractivity contribution in [3.8, 4) is 0 Å². The topological polar surface area (TPSA) is 0 Å². The van der Waals surface area contributed by atoms with Gasteiger partial charge in [-0.2, -0.15) is 0 Å². The summed E-state index contributed by atoms with van der Waals surface area (Å²) in [5.41, 5.74) is 0. The molecule has 0 saturated carbocycles. The summed E-state index contributed by atoms with van der Waals surface area (Å²) in [4.78, 5) is 0.